The Balaban J connectivity index is 1.38. The van der Waals surface area contributed by atoms with Crippen LogP contribution in [0.1, 0.15) is 30.2 Å². The Kier molecular flexibility index (Phi) is 3.07. The second kappa shape index (κ2) is 11.1. The predicted molar refractivity (Wildman–Crippen MR) is 208 cm³/mol. The van der Waals surface area contributed by atoms with Crippen LogP contribution in [0.2, 0.25) is 0 Å². The molecule has 0 aliphatic heterocycles. The Morgan fingerprint density at radius 3 is 1.57 bits per heavy atom. The first-order chi connectivity index (χ1) is 33.5. The maximum atomic E-state index is 10.0. The van der Waals surface area contributed by atoms with Crippen LogP contribution in [0.25, 0.3) is 98.8 Å². The van der Waals surface area contributed by atoms with Gasteiger partial charge in [-0.25, -0.2) is 0 Å². The average molecular weight is 645 g/mol. The van der Waals surface area contributed by atoms with Crippen molar-refractivity contribution in [3.63, 3.8) is 0 Å². The molecule has 0 saturated carbocycles. The summed E-state index contributed by atoms with van der Waals surface area (Å²) < 4.78 is 202. The van der Waals surface area contributed by atoms with Gasteiger partial charge in [-0.1, -0.05) is 157 Å². The van der Waals surface area contributed by atoms with Crippen molar-refractivity contribution in [1.82, 2.24) is 0 Å². The molecule has 9 aromatic carbocycles. The molecule has 1 heterocycles. The van der Waals surface area contributed by atoms with E-state index < -0.39 is 155 Å². The van der Waals surface area contributed by atoms with Gasteiger partial charge in [0.2, 0.25) is 0 Å². The van der Waals surface area contributed by atoms with Gasteiger partial charge < -0.3 is 4.42 Å². The van der Waals surface area contributed by atoms with Gasteiger partial charge in [-0.2, -0.15) is 0 Å². The molecule has 0 N–H and O–H groups in total. The van der Waals surface area contributed by atoms with E-state index in [1.165, 1.54) is 0 Å². The summed E-state index contributed by atoms with van der Waals surface area (Å²) in [6, 6.07) is -2.81. The number of hydrogen-bond acceptors (Lipinski definition) is 1. The Hall–Kier alpha value is -6.44. The normalized spacial score (nSPS) is 18.0. The van der Waals surface area contributed by atoms with Crippen molar-refractivity contribution in [1.29, 1.82) is 0 Å². The summed E-state index contributed by atoms with van der Waals surface area (Å²) in [4.78, 5) is 0. The van der Waals surface area contributed by atoms with Crippen molar-refractivity contribution in [3.8, 4) is 44.5 Å². The second-order valence-electron chi connectivity index (χ2n) is 11.1. The van der Waals surface area contributed by atoms with E-state index in [4.69, 9.17) is 26.3 Å². The van der Waals surface area contributed by atoms with E-state index in [1.807, 2.05) is 0 Å². The molecule has 0 unspecified atom stereocenters. The molecular weight excluding hydrogens is 593 g/mol. The van der Waals surface area contributed by atoms with Crippen LogP contribution in [-0.2, 0) is 0 Å². The zero-order chi connectivity index (χ0) is 51.5. The highest BCUT2D eigenvalue weighted by molar-refractivity contribution is 6.23. The van der Waals surface area contributed by atoms with Gasteiger partial charge in [-0.3, -0.25) is 0 Å². The molecule has 0 saturated heterocycles. The van der Waals surface area contributed by atoms with Crippen molar-refractivity contribution in [2.45, 2.75) is 0 Å². The lowest BCUT2D eigenvalue weighted by Gasteiger charge is -2.19. The maximum absolute atomic E-state index is 10.0. The Bertz CT molecular complexity index is 4030. The molecule has 0 amide bonds. The van der Waals surface area contributed by atoms with E-state index >= 15 is 0 Å². The van der Waals surface area contributed by atoms with Crippen molar-refractivity contribution in [3.05, 3.63) is 181 Å². The average Bonchev–Trinajstić information content (AvgIpc) is 3.77. The van der Waals surface area contributed by atoms with Gasteiger partial charge in [0.25, 0.3) is 0 Å². The zero-order valence-corrected chi connectivity index (χ0v) is 25.0. The fourth-order valence-corrected chi connectivity index (χ4v) is 6.36. The third-order valence-electron chi connectivity index (χ3n) is 8.43. The summed E-state index contributed by atoms with van der Waals surface area (Å²) in [5.74, 6) is 0. The molecule has 10 aromatic rings. The number of furan rings is 1. The zero-order valence-electron chi connectivity index (χ0n) is 47.0. The molecule has 0 spiro atoms. The number of hydrogen-bond donors (Lipinski definition) is 0. The third-order valence-corrected chi connectivity index (χ3v) is 8.43. The van der Waals surface area contributed by atoms with Gasteiger partial charge in [0.05, 0.1) is 30.2 Å². The van der Waals surface area contributed by atoms with Crippen LogP contribution in [0.3, 0.4) is 0 Å². The monoisotopic (exact) mass is 644 g/mol. The predicted octanol–water partition coefficient (Wildman–Crippen LogP) is 13.7. The van der Waals surface area contributed by atoms with Crippen molar-refractivity contribution >= 4 is 54.3 Å². The summed E-state index contributed by atoms with van der Waals surface area (Å²) in [6.07, 6.45) is 0. The summed E-state index contributed by atoms with van der Waals surface area (Å²) >= 11 is 0. The van der Waals surface area contributed by atoms with Gasteiger partial charge in [0, 0.05) is 16.2 Å². The van der Waals surface area contributed by atoms with E-state index in [2.05, 4.69) is 0 Å². The minimum Gasteiger partial charge on any atom is -0.455 e. The summed E-state index contributed by atoms with van der Waals surface area (Å²) in [6.45, 7) is 0. The molecule has 0 bridgehead atoms. The molecule has 228 valence electrons. The molecular formula is C48H30O. The van der Waals surface area contributed by atoms with Crippen LogP contribution in [0.4, 0.5) is 0 Å². The van der Waals surface area contributed by atoms with Crippen LogP contribution in [-0.4, -0.2) is 0 Å². The molecule has 0 aliphatic carbocycles. The van der Waals surface area contributed by atoms with Gasteiger partial charge in [-0.05, 0) is 95.6 Å². The molecule has 0 atom stereocenters. The van der Waals surface area contributed by atoms with Gasteiger partial charge in [-0.15, -0.1) is 0 Å². The minimum absolute atomic E-state index is 0.0802. The Labute approximate surface area is 315 Å². The van der Waals surface area contributed by atoms with Crippen LogP contribution in [0.15, 0.2) is 186 Å². The quantitative estimate of drug-likeness (QED) is 0.174. The highest BCUT2D eigenvalue weighted by Gasteiger charge is 2.19. The number of rotatable bonds is 4. The lowest BCUT2D eigenvalue weighted by molar-refractivity contribution is 0.672. The summed E-state index contributed by atoms with van der Waals surface area (Å²) in [7, 11) is 0. The van der Waals surface area contributed by atoms with E-state index in [1.54, 1.807) is 48.5 Å². The van der Waals surface area contributed by atoms with E-state index in [9.17, 15) is 8.22 Å². The molecule has 1 nitrogen and oxygen atoms in total. The van der Waals surface area contributed by atoms with Gasteiger partial charge >= 0.3 is 0 Å². The van der Waals surface area contributed by atoms with Crippen molar-refractivity contribution in [2.75, 3.05) is 0 Å². The van der Waals surface area contributed by atoms with Gasteiger partial charge in [0.1, 0.15) is 11.2 Å². The van der Waals surface area contributed by atoms with Crippen molar-refractivity contribution < 1.29 is 34.6 Å². The fourth-order valence-electron chi connectivity index (χ4n) is 6.36. The lowest BCUT2D eigenvalue weighted by atomic mass is 9.84. The fraction of sp³-hybridized carbons (Fsp3) is 0. The molecule has 49 heavy (non-hydrogen) atoms. The second-order valence-corrected chi connectivity index (χ2v) is 11.1. The summed E-state index contributed by atoms with van der Waals surface area (Å²) in [5, 5.41) is 0.0207. The highest BCUT2D eigenvalue weighted by Crippen LogP contribution is 2.46. The van der Waals surface area contributed by atoms with Crippen LogP contribution in [0, 0.1) is 0 Å². The van der Waals surface area contributed by atoms with Crippen LogP contribution < -0.4 is 0 Å². The smallest absolute Gasteiger partial charge is 0.143 e. The minimum atomic E-state index is -0.840. The topological polar surface area (TPSA) is 13.1 Å². The first-order valence-corrected chi connectivity index (χ1v) is 15.1. The van der Waals surface area contributed by atoms with E-state index in [0.29, 0.717) is 0 Å². The molecule has 0 radical (unpaired) electrons. The Morgan fingerprint density at radius 1 is 0.367 bits per heavy atom. The summed E-state index contributed by atoms with van der Waals surface area (Å²) in [5.41, 5.74) is -3.40. The SMILES string of the molecule is [2H]c1c([2H])c([2H])c(-c2c([2H])c([2H])c(-c3c4ccccc4c(-c4c([2H])c([2H])c5oc6c7c([2H])c([2H])c([2H])c([2H])c7c([2H])c([2H])c6c5c4[2H])c4ccccc34)c([2H])c2-c2c([2H])c([2H])c([2H])c([2H])c2[2H])c([2H])c1[2H]. The third kappa shape index (κ3) is 4.40. The maximum Gasteiger partial charge on any atom is 0.143 e. The molecule has 10 rings (SSSR count). The van der Waals surface area contributed by atoms with Crippen LogP contribution >= 0.6 is 0 Å². The highest BCUT2D eigenvalue weighted by atomic mass is 16.3. The van der Waals surface area contributed by atoms with E-state index in [-0.39, 0.29) is 76.5 Å². The largest absolute Gasteiger partial charge is 0.455 e. The molecule has 1 heteroatoms. The van der Waals surface area contributed by atoms with Gasteiger partial charge in [0.15, 0.2) is 0 Å². The standard InChI is InChI=1S/C48H30O/c1-3-13-31(14-4-1)36-26-24-34(29-43(36)32-15-5-2-6-16-32)46-38-19-9-11-21-40(38)47(41-22-12-10-20-39(41)46)35-25-28-45-44(30-35)42-27-23-33-17-7-8-18-37(33)48(42)49-45/h1-30H/i1D,2D,3D,4D,5D,6D,7D,8D,13D,14D,15D,16D,17D,18D,23D,24D,25D,26D,27D,28D,29D,30D. The van der Waals surface area contributed by atoms with E-state index in [0.717, 1.165) is 0 Å². The van der Waals surface area contributed by atoms with Crippen molar-refractivity contribution in [2.24, 2.45) is 0 Å². The molecule has 0 fully saturated rings. The van der Waals surface area contributed by atoms with Crippen LogP contribution in [0.5, 0.6) is 0 Å². The first-order valence-electron chi connectivity index (χ1n) is 26.1. The molecule has 1 aromatic heterocycles. The Morgan fingerprint density at radius 2 is 0.918 bits per heavy atom. The first kappa shape index (κ1) is 13.6. The number of benzene rings is 9. The lowest BCUT2D eigenvalue weighted by Crippen LogP contribution is -1.92. The molecule has 0 aliphatic rings. The number of fused-ring (bicyclic) bond motifs is 7.